The minimum atomic E-state index is -0.789. The standard InChI is InChI=1S/C17H27NOS/c1-4-12-18-16-15(10-11-17(16,2)3)20(19)13-14-8-6-5-7-9-14/h5-9,15-16,18H,4,10-13H2,1-3H3. The maximum Gasteiger partial charge on any atom is 0.0510 e. The van der Waals surface area contributed by atoms with Crippen LogP contribution in [0.2, 0.25) is 0 Å². The Morgan fingerprint density at radius 3 is 2.65 bits per heavy atom. The van der Waals surface area contributed by atoms with Crippen LogP contribution in [0.4, 0.5) is 0 Å². The summed E-state index contributed by atoms with van der Waals surface area (Å²) >= 11 is 0. The first-order valence-electron chi connectivity index (χ1n) is 7.69. The van der Waals surface area contributed by atoms with Crippen LogP contribution in [-0.2, 0) is 16.6 Å². The van der Waals surface area contributed by atoms with Gasteiger partial charge in [0, 0.05) is 22.6 Å². The highest BCUT2D eigenvalue weighted by atomic mass is 32.2. The zero-order valence-corrected chi connectivity index (χ0v) is 13.7. The molecule has 0 aliphatic heterocycles. The van der Waals surface area contributed by atoms with Crippen LogP contribution in [0.1, 0.15) is 45.6 Å². The molecule has 1 aromatic carbocycles. The normalized spacial score (nSPS) is 26.6. The molecule has 1 aromatic rings. The van der Waals surface area contributed by atoms with Gasteiger partial charge in [0.05, 0.1) is 5.25 Å². The van der Waals surface area contributed by atoms with Gasteiger partial charge in [-0.3, -0.25) is 4.21 Å². The predicted molar refractivity (Wildman–Crippen MR) is 87.2 cm³/mol. The summed E-state index contributed by atoms with van der Waals surface area (Å²) in [6.07, 6.45) is 3.37. The van der Waals surface area contributed by atoms with E-state index in [2.05, 4.69) is 38.2 Å². The van der Waals surface area contributed by atoms with Gasteiger partial charge in [-0.1, -0.05) is 51.1 Å². The van der Waals surface area contributed by atoms with Crippen molar-refractivity contribution < 1.29 is 4.21 Å². The van der Waals surface area contributed by atoms with Gasteiger partial charge in [0.1, 0.15) is 0 Å². The summed E-state index contributed by atoms with van der Waals surface area (Å²) in [4.78, 5) is 0. The van der Waals surface area contributed by atoms with Crippen LogP contribution >= 0.6 is 0 Å². The lowest BCUT2D eigenvalue weighted by Gasteiger charge is -2.31. The predicted octanol–water partition coefficient (Wildman–Crippen LogP) is 3.49. The third kappa shape index (κ3) is 3.70. The smallest absolute Gasteiger partial charge is 0.0510 e. The van der Waals surface area contributed by atoms with Crippen molar-refractivity contribution in [2.24, 2.45) is 5.41 Å². The van der Waals surface area contributed by atoms with E-state index in [0.29, 0.717) is 11.8 Å². The average Bonchev–Trinajstić information content (AvgIpc) is 2.72. The molecule has 1 saturated carbocycles. The van der Waals surface area contributed by atoms with Crippen molar-refractivity contribution >= 4 is 10.8 Å². The number of nitrogens with one attached hydrogen (secondary N) is 1. The van der Waals surface area contributed by atoms with Crippen molar-refractivity contribution in [2.75, 3.05) is 6.54 Å². The fraction of sp³-hybridized carbons (Fsp3) is 0.647. The first-order valence-corrected chi connectivity index (χ1v) is 9.07. The number of rotatable bonds is 6. The van der Waals surface area contributed by atoms with Crippen LogP contribution in [0.5, 0.6) is 0 Å². The molecule has 112 valence electrons. The fourth-order valence-electron chi connectivity index (χ4n) is 3.18. The van der Waals surface area contributed by atoms with Crippen LogP contribution in [0, 0.1) is 5.41 Å². The van der Waals surface area contributed by atoms with Gasteiger partial charge in [-0.2, -0.15) is 0 Å². The molecule has 3 heteroatoms. The van der Waals surface area contributed by atoms with Crippen molar-refractivity contribution in [3.8, 4) is 0 Å². The molecule has 20 heavy (non-hydrogen) atoms. The monoisotopic (exact) mass is 293 g/mol. The number of benzene rings is 1. The minimum Gasteiger partial charge on any atom is -0.312 e. The van der Waals surface area contributed by atoms with E-state index >= 15 is 0 Å². The van der Waals surface area contributed by atoms with E-state index in [1.165, 1.54) is 12.0 Å². The molecule has 2 rings (SSSR count). The summed E-state index contributed by atoms with van der Waals surface area (Å²) in [5.41, 5.74) is 1.44. The van der Waals surface area contributed by atoms with Gasteiger partial charge in [-0.15, -0.1) is 0 Å². The summed E-state index contributed by atoms with van der Waals surface area (Å²) in [7, 11) is -0.789. The molecule has 0 bridgehead atoms. The summed E-state index contributed by atoms with van der Waals surface area (Å²) < 4.78 is 12.7. The molecule has 1 aliphatic rings. The van der Waals surface area contributed by atoms with Crippen LogP contribution in [0.15, 0.2) is 30.3 Å². The second-order valence-corrected chi connectivity index (χ2v) is 8.16. The second-order valence-electron chi connectivity index (χ2n) is 6.51. The lowest BCUT2D eigenvalue weighted by atomic mass is 9.87. The number of hydrogen-bond donors (Lipinski definition) is 1. The van der Waals surface area contributed by atoms with Crippen molar-refractivity contribution in [3.05, 3.63) is 35.9 Å². The largest absolute Gasteiger partial charge is 0.312 e. The zero-order chi connectivity index (χ0) is 14.6. The molecule has 1 fully saturated rings. The molecule has 0 radical (unpaired) electrons. The van der Waals surface area contributed by atoms with Crippen LogP contribution in [-0.4, -0.2) is 22.0 Å². The third-order valence-electron chi connectivity index (χ3n) is 4.39. The van der Waals surface area contributed by atoms with E-state index in [1.807, 2.05) is 18.2 Å². The first kappa shape index (κ1) is 15.7. The lowest BCUT2D eigenvalue weighted by Crippen LogP contribution is -2.46. The van der Waals surface area contributed by atoms with Gasteiger partial charge in [0.25, 0.3) is 0 Å². The van der Waals surface area contributed by atoms with Crippen LogP contribution in [0.3, 0.4) is 0 Å². The molecular formula is C17H27NOS. The molecule has 0 amide bonds. The van der Waals surface area contributed by atoms with Crippen molar-refractivity contribution in [2.45, 2.75) is 57.1 Å². The molecule has 0 spiro atoms. The third-order valence-corrected chi connectivity index (χ3v) is 6.19. The van der Waals surface area contributed by atoms with Crippen molar-refractivity contribution in [3.63, 3.8) is 0 Å². The Balaban J connectivity index is 2.04. The molecule has 1 N–H and O–H groups in total. The summed E-state index contributed by atoms with van der Waals surface area (Å²) in [6.45, 7) is 7.82. The van der Waals surface area contributed by atoms with Gasteiger partial charge >= 0.3 is 0 Å². The highest BCUT2D eigenvalue weighted by Gasteiger charge is 2.43. The quantitative estimate of drug-likeness (QED) is 0.870. The van der Waals surface area contributed by atoms with Crippen molar-refractivity contribution in [1.29, 1.82) is 0 Å². The van der Waals surface area contributed by atoms with Gasteiger partial charge in [-0.25, -0.2) is 0 Å². The Kier molecular flexibility index (Phi) is 5.39. The summed E-state index contributed by atoms with van der Waals surface area (Å²) in [5, 5.41) is 3.93. The maximum absolute atomic E-state index is 12.7. The molecule has 0 saturated heterocycles. The van der Waals surface area contributed by atoms with E-state index in [9.17, 15) is 4.21 Å². The van der Waals surface area contributed by atoms with Gasteiger partial charge in [0.2, 0.25) is 0 Å². The van der Waals surface area contributed by atoms with Crippen LogP contribution in [0.25, 0.3) is 0 Å². The van der Waals surface area contributed by atoms with E-state index in [4.69, 9.17) is 0 Å². The molecule has 3 unspecified atom stereocenters. The summed E-state index contributed by atoms with van der Waals surface area (Å²) in [6, 6.07) is 10.6. The molecule has 0 aromatic heterocycles. The first-order chi connectivity index (χ1) is 9.54. The van der Waals surface area contributed by atoms with Gasteiger partial charge in [0.15, 0.2) is 0 Å². The summed E-state index contributed by atoms with van der Waals surface area (Å²) in [5.74, 6) is 0.686. The fourth-order valence-corrected chi connectivity index (χ4v) is 5.06. The van der Waals surface area contributed by atoms with Crippen molar-refractivity contribution in [1.82, 2.24) is 5.32 Å². The van der Waals surface area contributed by atoms with E-state index in [0.717, 1.165) is 19.4 Å². The molecule has 2 nitrogen and oxygen atoms in total. The Bertz CT molecular complexity index is 444. The van der Waals surface area contributed by atoms with Gasteiger partial charge < -0.3 is 5.32 Å². The lowest BCUT2D eigenvalue weighted by molar-refractivity contribution is 0.286. The Morgan fingerprint density at radius 2 is 2.00 bits per heavy atom. The second kappa shape index (κ2) is 6.86. The molecule has 1 aliphatic carbocycles. The number of hydrogen-bond acceptors (Lipinski definition) is 2. The van der Waals surface area contributed by atoms with Gasteiger partial charge in [-0.05, 0) is 36.8 Å². The van der Waals surface area contributed by atoms with E-state index < -0.39 is 10.8 Å². The minimum absolute atomic E-state index is 0.256. The Morgan fingerprint density at radius 1 is 1.30 bits per heavy atom. The zero-order valence-electron chi connectivity index (χ0n) is 12.9. The Hall–Kier alpha value is -0.670. The van der Waals surface area contributed by atoms with E-state index in [1.54, 1.807) is 0 Å². The highest BCUT2D eigenvalue weighted by Crippen LogP contribution is 2.40. The highest BCUT2D eigenvalue weighted by molar-refractivity contribution is 7.84. The molecule has 3 atom stereocenters. The Labute approximate surface area is 125 Å². The SMILES string of the molecule is CCCNC1C(S(=O)Cc2ccccc2)CCC1(C)C. The average molecular weight is 293 g/mol. The topological polar surface area (TPSA) is 29.1 Å². The maximum atomic E-state index is 12.7. The van der Waals surface area contributed by atoms with Crippen LogP contribution < -0.4 is 5.32 Å². The molecule has 0 heterocycles. The molecular weight excluding hydrogens is 266 g/mol. The van der Waals surface area contributed by atoms with E-state index in [-0.39, 0.29) is 10.7 Å².